The molecule has 1 heterocycles. The molecule has 14 heavy (non-hydrogen) atoms. The average Bonchev–Trinajstić information content (AvgIpc) is 2.97. The van der Waals surface area contributed by atoms with E-state index in [-0.39, 0.29) is 0 Å². The number of hydrogen-bond acceptors (Lipinski definition) is 2. The molecule has 2 aliphatic rings. The fourth-order valence-electron chi connectivity index (χ4n) is 2.62. The molecule has 1 saturated carbocycles. The van der Waals surface area contributed by atoms with Gasteiger partial charge in [-0.2, -0.15) is 5.10 Å². The third-order valence-electron chi connectivity index (χ3n) is 3.55. The van der Waals surface area contributed by atoms with Crippen molar-refractivity contribution >= 4 is 0 Å². The van der Waals surface area contributed by atoms with Crippen molar-refractivity contribution in [2.75, 3.05) is 6.54 Å². The van der Waals surface area contributed by atoms with Gasteiger partial charge < -0.3 is 5.73 Å². The molecule has 1 aromatic rings. The molecule has 3 heteroatoms. The van der Waals surface area contributed by atoms with Crippen LogP contribution >= 0.6 is 0 Å². The van der Waals surface area contributed by atoms with Crippen molar-refractivity contribution in [3.05, 3.63) is 17.0 Å². The van der Waals surface area contributed by atoms with Gasteiger partial charge in [-0.15, -0.1) is 0 Å². The van der Waals surface area contributed by atoms with Gasteiger partial charge in [0.2, 0.25) is 0 Å². The van der Waals surface area contributed by atoms with E-state index >= 15 is 0 Å². The Labute approximate surface area is 84.1 Å². The molecule has 3 N–H and O–H groups in total. The molecule has 0 aliphatic heterocycles. The van der Waals surface area contributed by atoms with Crippen molar-refractivity contribution in [3.8, 4) is 0 Å². The van der Waals surface area contributed by atoms with Crippen LogP contribution in [-0.4, -0.2) is 16.7 Å². The van der Waals surface area contributed by atoms with Crippen LogP contribution in [0.3, 0.4) is 0 Å². The second-order valence-corrected chi connectivity index (χ2v) is 4.60. The molecule has 1 atom stereocenters. The summed E-state index contributed by atoms with van der Waals surface area (Å²) in [5.74, 6) is 1.33. The summed E-state index contributed by atoms with van der Waals surface area (Å²) in [4.78, 5) is 0. The highest BCUT2D eigenvalue weighted by atomic mass is 15.1. The van der Waals surface area contributed by atoms with Gasteiger partial charge in [0.1, 0.15) is 0 Å². The lowest BCUT2D eigenvalue weighted by Gasteiger charge is -2.21. The maximum Gasteiger partial charge on any atom is 0.0691 e. The SMILES string of the molecule is NCC1CCCc2[nH]nc(C3CC3)c21. The van der Waals surface area contributed by atoms with Crippen LogP contribution in [0.15, 0.2) is 0 Å². The molecular weight excluding hydrogens is 174 g/mol. The molecule has 0 bridgehead atoms. The van der Waals surface area contributed by atoms with E-state index in [9.17, 15) is 0 Å². The Balaban J connectivity index is 2.02. The summed E-state index contributed by atoms with van der Waals surface area (Å²) in [6.45, 7) is 0.784. The Morgan fingerprint density at radius 1 is 1.36 bits per heavy atom. The van der Waals surface area contributed by atoms with Gasteiger partial charge in [-0.1, -0.05) is 0 Å². The predicted octanol–water partition coefficient (Wildman–Crippen LogP) is 1.67. The topological polar surface area (TPSA) is 54.7 Å². The summed E-state index contributed by atoms with van der Waals surface area (Å²) in [7, 11) is 0. The number of rotatable bonds is 2. The summed E-state index contributed by atoms with van der Waals surface area (Å²) in [6.07, 6.45) is 6.35. The Morgan fingerprint density at radius 3 is 2.93 bits per heavy atom. The summed E-state index contributed by atoms with van der Waals surface area (Å²) in [6, 6.07) is 0. The van der Waals surface area contributed by atoms with Gasteiger partial charge in [0.15, 0.2) is 0 Å². The lowest BCUT2D eigenvalue weighted by Crippen LogP contribution is -2.18. The van der Waals surface area contributed by atoms with E-state index in [1.54, 1.807) is 0 Å². The van der Waals surface area contributed by atoms with Crippen molar-refractivity contribution in [2.24, 2.45) is 5.73 Å². The first kappa shape index (κ1) is 8.48. The monoisotopic (exact) mass is 191 g/mol. The number of aryl methyl sites for hydroxylation is 1. The molecule has 0 spiro atoms. The first-order valence-electron chi connectivity index (χ1n) is 5.67. The highest BCUT2D eigenvalue weighted by Gasteiger charge is 2.33. The maximum absolute atomic E-state index is 5.83. The second-order valence-electron chi connectivity index (χ2n) is 4.60. The lowest BCUT2D eigenvalue weighted by atomic mass is 9.84. The maximum atomic E-state index is 5.83. The minimum Gasteiger partial charge on any atom is -0.330 e. The van der Waals surface area contributed by atoms with Crippen LogP contribution in [0.25, 0.3) is 0 Å². The van der Waals surface area contributed by atoms with Gasteiger partial charge in [-0.05, 0) is 44.6 Å². The molecule has 0 saturated heterocycles. The van der Waals surface area contributed by atoms with E-state index in [1.807, 2.05) is 0 Å². The van der Waals surface area contributed by atoms with E-state index in [1.165, 1.54) is 49.1 Å². The number of aromatic nitrogens is 2. The third kappa shape index (κ3) is 1.19. The highest BCUT2D eigenvalue weighted by molar-refractivity contribution is 5.36. The molecule has 1 unspecified atom stereocenters. The van der Waals surface area contributed by atoms with Gasteiger partial charge in [-0.25, -0.2) is 0 Å². The molecule has 0 amide bonds. The van der Waals surface area contributed by atoms with Crippen LogP contribution in [0.4, 0.5) is 0 Å². The molecule has 76 valence electrons. The zero-order chi connectivity index (χ0) is 9.54. The van der Waals surface area contributed by atoms with Crippen molar-refractivity contribution in [1.82, 2.24) is 10.2 Å². The zero-order valence-corrected chi connectivity index (χ0v) is 8.42. The van der Waals surface area contributed by atoms with Crippen LogP contribution < -0.4 is 5.73 Å². The Kier molecular flexibility index (Phi) is 1.87. The minimum absolute atomic E-state index is 0.577. The number of aromatic amines is 1. The van der Waals surface area contributed by atoms with Gasteiger partial charge in [0, 0.05) is 17.2 Å². The fourth-order valence-corrected chi connectivity index (χ4v) is 2.62. The molecule has 1 fully saturated rings. The van der Waals surface area contributed by atoms with E-state index in [4.69, 9.17) is 5.73 Å². The largest absolute Gasteiger partial charge is 0.330 e. The van der Waals surface area contributed by atoms with E-state index in [0.717, 1.165) is 12.5 Å². The zero-order valence-electron chi connectivity index (χ0n) is 8.42. The molecule has 3 nitrogen and oxygen atoms in total. The fraction of sp³-hybridized carbons (Fsp3) is 0.727. The van der Waals surface area contributed by atoms with Crippen LogP contribution in [0.2, 0.25) is 0 Å². The molecular formula is C11H17N3. The van der Waals surface area contributed by atoms with Gasteiger partial charge in [-0.3, -0.25) is 5.10 Å². The van der Waals surface area contributed by atoms with Gasteiger partial charge in [0.05, 0.1) is 5.69 Å². The van der Waals surface area contributed by atoms with Crippen molar-refractivity contribution < 1.29 is 0 Å². The van der Waals surface area contributed by atoms with E-state index < -0.39 is 0 Å². The van der Waals surface area contributed by atoms with Crippen molar-refractivity contribution in [2.45, 2.75) is 43.9 Å². The number of fused-ring (bicyclic) bond motifs is 1. The van der Waals surface area contributed by atoms with Gasteiger partial charge >= 0.3 is 0 Å². The number of nitrogens with two attached hydrogens (primary N) is 1. The Morgan fingerprint density at radius 2 is 2.21 bits per heavy atom. The van der Waals surface area contributed by atoms with Crippen molar-refractivity contribution in [3.63, 3.8) is 0 Å². The lowest BCUT2D eigenvalue weighted by molar-refractivity contribution is 0.553. The summed E-state index contributed by atoms with van der Waals surface area (Å²) in [5.41, 5.74) is 10.0. The molecule has 2 aliphatic carbocycles. The van der Waals surface area contributed by atoms with Crippen LogP contribution in [0.5, 0.6) is 0 Å². The summed E-state index contributed by atoms with van der Waals surface area (Å²) >= 11 is 0. The first-order chi connectivity index (χ1) is 6.90. The number of nitrogens with one attached hydrogen (secondary N) is 1. The molecule has 0 aromatic carbocycles. The average molecular weight is 191 g/mol. The van der Waals surface area contributed by atoms with Crippen LogP contribution in [-0.2, 0) is 6.42 Å². The molecule has 3 rings (SSSR count). The predicted molar refractivity (Wildman–Crippen MR) is 55.3 cm³/mol. The quantitative estimate of drug-likeness (QED) is 0.747. The standard InChI is InChI=1S/C11H17N3/c12-6-8-2-1-3-9-10(8)11(14-13-9)7-4-5-7/h7-8H,1-6,12H2,(H,13,14). The Hall–Kier alpha value is -0.830. The minimum atomic E-state index is 0.577. The van der Waals surface area contributed by atoms with Crippen molar-refractivity contribution in [1.29, 1.82) is 0 Å². The highest BCUT2D eigenvalue weighted by Crippen LogP contribution is 2.45. The van der Waals surface area contributed by atoms with Gasteiger partial charge in [0.25, 0.3) is 0 Å². The number of H-pyrrole nitrogens is 1. The molecule has 0 radical (unpaired) electrons. The molecule has 1 aromatic heterocycles. The van der Waals surface area contributed by atoms with E-state index in [0.29, 0.717) is 5.92 Å². The number of hydrogen-bond donors (Lipinski definition) is 2. The Bertz CT molecular complexity index is 338. The number of nitrogens with zero attached hydrogens (tertiary/aromatic N) is 1. The summed E-state index contributed by atoms with van der Waals surface area (Å²) in [5, 5.41) is 7.68. The normalized spacial score (nSPS) is 26.2. The third-order valence-corrected chi connectivity index (χ3v) is 3.55. The first-order valence-corrected chi connectivity index (χ1v) is 5.67. The van der Waals surface area contributed by atoms with E-state index in [2.05, 4.69) is 10.2 Å². The van der Waals surface area contributed by atoms with Crippen LogP contribution in [0.1, 0.15) is 54.5 Å². The smallest absolute Gasteiger partial charge is 0.0691 e. The second kappa shape index (κ2) is 3.09. The summed E-state index contributed by atoms with van der Waals surface area (Å²) < 4.78 is 0. The van der Waals surface area contributed by atoms with Crippen LogP contribution in [0, 0.1) is 0 Å².